The third-order valence-corrected chi connectivity index (χ3v) is 4.31. The molecule has 0 radical (unpaired) electrons. The van der Waals surface area contributed by atoms with Crippen LogP contribution in [0, 0.1) is 23.6 Å². The van der Waals surface area contributed by atoms with E-state index in [-0.39, 0.29) is 5.82 Å². The first-order valence-electron chi connectivity index (χ1n) is 7.64. The van der Waals surface area contributed by atoms with E-state index in [9.17, 15) is 4.39 Å². The van der Waals surface area contributed by atoms with Crippen LogP contribution in [0.2, 0.25) is 0 Å². The molecule has 2 aromatic rings. The quantitative estimate of drug-likeness (QED) is 0.661. The van der Waals surface area contributed by atoms with Gasteiger partial charge in [0.15, 0.2) is 0 Å². The standard InChI is InChI=1S/C20H19F/c1-2-15-5-9-19-14-17(6-10-18(19)13-15)4-3-16-7-11-20(21)12-8-16/h6-8,10-12,14-15H,2,5,9,13H2,1H3. The van der Waals surface area contributed by atoms with Crippen molar-refractivity contribution in [3.63, 3.8) is 0 Å². The molecule has 1 atom stereocenters. The number of hydrogen-bond acceptors (Lipinski definition) is 0. The second-order valence-electron chi connectivity index (χ2n) is 5.76. The van der Waals surface area contributed by atoms with E-state index in [1.54, 1.807) is 12.1 Å². The molecule has 0 spiro atoms. The molecule has 2 aromatic carbocycles. The van der Waals surface area contributed by atoms with Crippen molar-refractivity contribution in [3.05, 3.63) is 70.5 Å². The average Bonchev–Trinajstić information content (AvgIpc) is 2.53. The van der Waals surface area contributed by atoms with Crippen molar-refractivity contribution < 1.29 is 4.39 Å². The molecule has 0 saturated heterocycles. The summed E-state index contributed by atoms with van der Waals surface area (Å²) in [6, 6.07) is 12.9. The fourth-order valence-electron chi connectivity index (χ4n) is 2.93. The summed E-state index contributed by atoms with van der Waals surface area (Å²) >= 11 is 0. The van der Waals surface area contributed by atoms with Crippen LogP contribution < -0.4 is 0 Å². The minimum atomic E-state index is -0.222. The number of halogens is 1. The SMILES string of the molecule is CCC1CCc2cc(C#Cc3ccc(F)cc3)ccc2C1. The largest absolute Gasteiger partial charge is 0.207 e. The van der Waals surface area contributed by atoms with Crippen LogP contribution in [-0.4, -0.2) is 0 Å². The van der Waals surface area contributed by atoms with Gasteiger partial charge in [-0.05, 0) is 72.7 Å². The first-order valence-corrected chi connectivity index (χ1v) is 7.64. The lowest BCUT2D eigenvalue weighted by molar-refractivity contribution is 0.445. The first kappa shape index (κ1) is 13.9. The van der Waals surface area contributed by atoms with Crippen molar-refractivity contribution in [1.82, 2.24) is 0 Å². The predicted octanol–water partition coefficient (Wildman–Crippen LogP) is 4.74. The zero-order valence-electron chi connectivity index (χ0n) is 12.3. The van der Waals surface area contributed by atoms with E-state index in [1.165, 1.54) is 48.9 Å². The molecule has 0 bridgehead atoms. The fourth-order valence-corrected chi connectivity index (χ4v) is 2.93. The lowest BCUT2D eigenvalue weighted by atomic mass is 9.82. The number of rotatable bonds is 1. The van der Waals surface area contributed by atoms with Gasteiger partial charge in [-0.15, -0.1) is 0 Å². The lowest BCUT2D eigenvalue weighted by Crippen LogP contribution is -2.13. The van der Waals surface area contributed by atoms with Crippen molar-refractivity contribution in [3.8, 4) is 11.8 Å². The number of benzene rings is 2. The molecule has 0 amide bonds. The molecular weight excluding hydrogens is 259 g/mol. The van der Waals surface area contributed by atoms with E-state index in [2.05, 4.69) is 37.0 Å². The molecule has 1 aliphatic rings. The highest BCUT2D eigenvalue weighted by atomic mass is 19.1. The second kappa shape index (κ2) is 6.14. The smallest absolute Gasteiger partial charge is 0.123 e. The lowest BCUT2D eigenvalue weighted by Gasteiger charge is -2.23. The predicted molar refractivity (Wildman–Crippen MR) is 84.6 cm³/mol. The first-order chi connectivity index (χ1) is 10.2. The Balaban J connectivity index is 1.80. The molecule has 1 heteroatoms. The highest BCUT2D eigenvalue weighted by Gasteiger charge is 2.16. The summed E-state index contributed by atoms with van der Waals surface area (Å²) in [6.07, 6.45) is 4.93. The van der Waals surface area contributed by atoms with Crippen LogP contribution in [0.25, 0.3) is 0 Å². The molecular formula is C20H19F. The van der Waals surface area contributed by atoms with E-state index in [0.717, 1.165) is 17.0 Å². The third-order valence-electron chi connectivity index (χ3n) is 4.31. The summed E-state index contributed by atoms with van der Waals surface area (Å²) in [7, 11) is 0. The Hall–Kier alpha value is -2.07. The van der Waals surface area contributed by atoms with Crippen LogP contribution in [0.4, 0.5) is 4.39 Å². The van der Waals surface area contributed by atoms with Crippen molar-refractivity contribution in [2.75, 3.05) is 0 Å². The van der Waals surface area contributed by atoms with Crippen LogP contribution in [0.5, 0.6) is 0 Å². The Bertz CT molecular complexity index is 686. The molecule has 0 aliphatic heterocycles. The maximum Gasteiger partial charge on any atom is 0.123 e. The van der Waals surface area contributed by atoms with E-state index in [0.29, 0.717) is 0 Å². The monoisotopic (exact) mass is 278 g/mol. The van der Waals surface area contributed by atoms with Crippen LogP contribution in [0.3, 0.4) is 0 Å². The molecule has 0 saturated carbocycles. The van der Waals surface area contributed by atoms with Crippen LogP contribution in [0.15, 0.2) is 42.5 Å². The summed E-state index contributed by atoms with van der Waals surface area (Å²) in [5.74, 6) is 6.90. The van der Waals surface area contributed by atoms with Gasteiger partial charge in [0.25, 0.3) is 0 Å². The molecule has 1 aliphatic carbocycles. The highest BCUT2D eigenvalue weighted by Crippen LogP contribution is 2.27. The molecule has 0 N–H and O–H groups in total. The van der Waals surface area contributed by atoms with Gasteiger partial charge in [0.1, 0.15) is 5.82 Å². The summed E-state index contributed by atoms with van der Waals surface area (Å²) in [4.78, 5) is 0. The maximum atomic E-state index is 12.9. The normalized spacial score (nSPS) is 16.8. The van der Waals surface area contributed by atoms with Gasteiger partial charge >= 0.3 is 0 Å². The molecule has 1 unspecified atom stereocenters. The molecule has 0 heterocycles. The second-order valence-corrected chi connectivity index (χ2v) is 5.76. The fraction of sp³-hybridized carbons (Fsp3) is 0.300. The van der Waals surface area contributed by atoms with E-state index in [4.69, 9.17) is 0 Å². The Morgan fingerprint density at radius 3 is 2.48 bits per heavy atom. The number of fused-ring (bicyclic) bond motifs is 1. The number of aryl methyl sites for hydroxylation is 1. The van der Waals surface area contributed by atoms with Crippen LogP contribution in [-0.2, 0) is 12.8 Å². The minimum Gasteiger partial charge on any atom is -0.207 e. The van der Waals surface area contributed by atoms with Gasteiger partial charge in [0, 0.05) is 11.1 Å². The highest BCUT2D eigenvalue weighted by molar-refractivity contribution is 5.46. The van der Waals surface area contributed by atoms with E-state index < -0.39 is 0 Å². The maximum absolute atomic E-state index is 12.9. The molecule has 0 aromatic heterocycles. The van der Waals surface area contributed by atoms with Crippen LogP contribution in [0.1, 0.15) is 42.0 Å². The van der Waals surface area contributed by atoms with Crippen molar-refractivity contribution in [2.24, 2.45) is 5.92 Å². The van der Waals surface area contributed by atoms with E-state index in [1.807, 2.05) is 0 Å². The molecule has 21 heavy (non-hydrogen) atoms. The Kier molecular flexibility index (Phi) is 4.06. The topological polar surface area (TPSA) is 0 Å². The van der Waals surface area contributed by atoms with Crippen molar-refractivity contribution in [1.29, 1.82) is 0 Å². The Morgan fingerprint density at radius 1 is 1.00 bits per heavy atom. The molecule has 0 fully saturated rings. The molecule has 106 valence electrons. The van der Waals surface area contributed by atoms with Gasteiger partial charge in [-0.2, -0.15) is 0 Å². The molecule has 0 nitrogen and oxygen atoms in total. The summed E-state index contributed by atoms with van der Waals surface area (Å²) < 4.78 is 12.9. The average molecular weight is 278 g/mol. The van der Waals surface area contributed by atoms with Crippen molar-refractivity contribution >= 4 is 0 Å². The van der Waals surface area contributed by atoms with Crippen molar-refractivity contribution in [2.45, 2.75) is 32.6 Å². The van der Waals surface area contributed by atoms with Gasteiger partial charge in [-0.1, -0.05) is 31.3 Å². The minimum absolute atomic E-state index is 0.222. The molecule has 3 rings (SSSR count). The van der Waals surface area contributed by atoms with Gasteiger partial charge in [-0.25, -0.2) is 4.39 Å². The van der Waals surface area contributed by atoms with Crippen LogP contribution >= 0.6 is 0 Å². The number of hydrogen-bond donors (Lipinski definition) is 0. The van der Waals surface area contributed by atoms with Gasteiger partial charge in [0.2, 0.25) is 0 Å². The summed E-state index contributed by atoms with van der Waals surface area (Å²) in [5.41, 5.74) is 4.83. The third kappa shape index (κ3) is 3.34. The van der Waals surface area contributed by atoms with E-state index >= 15 is 0 Å². The van der Waals surface area contributed by atoms with Gasteiger partial charge < -0.3 is 0 Å². The summed E-state index contributed by atoms with van der Waals surface area (Å²) in [6.45, 7) is 2.28. The van der Waals surface area contributed by atoms with Gasteiger partial charge in [0.05, 0.1) is 0 Å². The summed E-state index contributed by atoms with van der Waals surface area (Å²) in [5, 5.41) is 0. The Morgan fingerprint density at radius 2 is 1.71 bits per heavy atom. The Labute approximate surface area is 126 Å². The zero-order valence-corrected chi connectivity index (χ0v) is 12.3. The zero-order chi connectivity index (χ0) is 14.7. The van der Waals surface area contributed by atoms with Gasteiger partial charge in [-0.3, -0.25) is 0 Å².